The Bertz CT molecular complexity index is 271. The van der Waals surface area contributed by atoms with Crippen LogP contribution in [0.5, 0.6) is 0 Å². The van der Waals surface area contributed by atoms with Crippen molar-refractivity contribution in [2.45, 2.75) is 0 Å². The van der Waals surface area contributed by atoms with Gasteiger partial charge in [0.1, 0.15) is 0 Å². The van der Waals surface area contributed by atoms with Gasteiger partial charge in [-0.1, -0.05) is 0 Å². The van der Waals surface area contributed by atoms with Crippen molar-refractivity contribution < 1.29 is 30.4 Å². The molecule has 94 valence electrons. The van der Waals surface area contributed by atoms with E-state index in [1.807, 2.05) is 21.6 Å². The predicted molar refractivity (Wildman–Crippen MR) is 62.4 cm³/mol. The van der Waals surface area contributed by atoms with Crippen LogP contribution in [0, 0.1) is 42.7 Å². The Labute approximate surface area is 119 Å². The number of hydrogen-bond donors (Lipinski definition) is 1. The number of rotatable bonds is 4. The first-order chi connectivity index (χ1) is 6.24. The van der Waals surface area contributed by atoms with Crippen LogP contribution < -0.4 is 6.15 Å². The summed E-state index contributed by atoms with van der Waals surface area (Å²) in [5, 5.41) is 41.1. The molecule has 0 aliphatic carbocycles. The van der Waals surface area contributed by atoms with Crippen LogP contribution in [0.1, 0.15) is 0 Å². The summed E-state index contributed by atoms with van der Waals surface area (Å²) in [4.78, 5) is 0. The van der Waals surface area contributed by atoms with Gasteiger partial charge in [0.25, 0.3) is 0 Å². The quantitative estimate of drug-likeness (QED) is 0.719. The first-order valence-corrected chi connectivity index (χ1v) is 10.1. The molecule has 6 nitrogen and oxygen atoms in total. The van der Waals surface area contributed by atoms with E-state index in [0.717, 1.165) is 40.9 Å². The third kappa shape index (κ3) is 9.51. The van der Waals surface area contributed by atoms with Crippen molar-refractivity contribution in [3.8, 4) is 21.6 Å². The predicted octanol–water partition coefficient (Wildman–Crippen LogP) is 2.21. The molecule has 0 aromatic carbocycles. The molecule has 0 saturated heterocycles. The average Bonchev–Trinajstić information content (AvgIpc) is 2.06. The molecular formula is C4H6Co2N5OS4+. The minimum absolute atomic E-state index is 0. The van der Waals surface area contributed by atoms with Gasteiger partial charge in [-0.2, -0.15) is 0 Å². The molecule has 6 N–H and O–H groups in total. The molecule has 0 saturated carbocycles. The Morgan fingerprint density at radius 1 is 0.688 bits per heavy atom. The van der Waals surface area contributed by atoms with Gasteiger partial charge >= 0.3 is 109 Å². The van der Waals surface area contributed by atoms with Gasteiger partial charge in [-0.15, -0.1) is 0 Å². The molecule has 0 aromatic heterocycles. The zero-order valence-electron chi connectivity index (χ0n) is 7.59. The third-order valence-corrected chi connectivity index (χ3v) is 13.9. The Morgan fingerprint density at radius 2 is 0.875 bits per heavy atom. The zero-order valence-corrected chi connectivity index (χ0v) is 12.9. The maximum absolute atomic E-state index is 8.45. The standard InChI is InChI=1S/4CHNS.2Co.H3N.H2O/c4*2-1-3;;;;/h4*3H;;;1H3;1H2/q;;;;2*+2;;/p-3. The molecule has 0 bridgehead atoms. The fourth-order valence-electron chi connectivity index (χ4n) is 0.232. The van der Waals surface area contributed by atoms with Crippen LogP contribution in [0.2, 0.25) is 0 Å². The SMILES string of the molecule is N#C[S][Co-2]([S]C#N)([S]C#N)[S]C#N.O.[Co+2].[NH4+]. The summed E-state index contributed by atoms with van der Waals surface area (Å²) >= 11 is 0. The second-order valence-electron chi connectivity index (χ2n) is 0.971. The van der Waals surface area contributed by atoms with Gasteiger partial charge in [-0.05, 0) is 0 Å². The second-order valence-corrected chi connectivity index (χ2v) is 16.8. The first-order valence-electron chi connectivity index (χ1n) is 2.26. The normalized spacial score (nSPS) is 8.25. The van der Waals surface area contributed by atoms with Crippen molar-refractivity contribution >= 4 is 40.9 Å². The van der Waals surface area contributed by atoms with E-state index in [1.54, 1.807) is 0 Å². The summed E-state index contributed by atoms with van der Waals surface area (Å²) in [7, 11) is 1.08. The van der Waals surface area contributed by atoms with E-state index < -0.39 is 8.18 Å². The molecule has 12 heteroatoms. The molecule has 0 fully saturated rings. The van der Waals surface area contributed by atoms with Crippen LogP contribution in [0.4, 0.5) is 0 Å². The molecule has 0 spiro atoms. The molecule has 0 rings (SSSR count). The molecule has 0 amide bonds. The fraction of sp³-hybridized carbons (Fsp3) is 0. The van der Waals surface area contributed by atoms with E-state index in [9.17, 15) is 0 Å². The van der Waals surface area contributed by atoms with Crippen LogP contribution >= 0.6 is 40.9 Å². The molecule has 0 atom stereocenters. The van der Waals surface area contributed by atoms with E-state index in [-0.39, 0.29) is 28.4 Å². The van der Waals surface area contributed by atoms with Crippen molar-refractivity contribution in [1.82, 2.24) is 6.15 Å². The largest absolute Gasteiger partial charge is 2.00 e. The Hall–Kier alpha value is 0.293. The van der Waals surface area contributed by atoms with E-state index >= 15 is 0 Å². The van der Waals surface area contributed by atoms with Gasteiger partial charge in [-0.3, -0.25) is 0 Å². The molecule has 0 aliphatic rings. The first kappa shape index (κ1) is 25.2. The van der Waals surface area contributed by atoms with Crippen molar-refractivity contribution in [2.75, 3.05) is 0 Å². The van der Waals surface area contributed by atoms with Crippen LogP contribution in [0.3, 0.4) is 0 Å². The van der Waals surface area contributed by atoms with Crippen molar-refractivity contribution in [3.05, 3.63) is 0 Å². The van der Waals surface area contributed by atoms with Gasteiger partial charge in [0.2, 0.25) is 0 Å². The molecule has 0 aliphatic heterocycles. The summed E-state index contributed by atoms with van der Waals surface area (Å²) in [6, 6.07) is 0. The minimum atomic E-state index is -2.26. The molecule has 16 heavy (non-hydrogen) atoms. The molecule has 1 radical (unpaired) electrons. The van der Waals surface area contributed by atoms with Crippen molar-refractivity contribution in [1.29, 1.82) is 21.0 Å². The summed E-state index contributed by atoms with van der Waals surface area (Å²) in [5.41, 5.74) is 0. The van der Waals surface area contributed by atoms with E-state index in [2.05, 4.69) is 0 Å². The van der Waals surface area contributed by atoms with Crippen molar-refractivity contribution in [3.63, 3.8) is 0 Å². The molecule has 0 aromatic rings. The van der Waals surface area contributed by atoms with Gasteiger partial charge in [-0.25, -0.2) is 0 Å². The van der Waals surface area contributed by atoms with Gasteiger partial charge in [0, 0.05) is 0 Å². The molecule has 0 unspecified atom stereocenters. The van der Waals surface area contributed by atoms with Crippen LogP contribution in [-0.2, 0) is 25.0 Å². The maximum Gasteiger partial charge on any atom is 2.00 e. The number of quaternary nitrogens is 1. The summed E-state index contributed by atoms with van der Waals surface area (Å²) in [6.45, 7) is 0. The van der Waals surface area contributed by atoms with Crippen LogP contribution in [0.15, 0.2) is 0 Å². The topological polar surface area (TPSA) is 163 Å². The number of thiocyanates is 4. The number of nitriles is 4. The van der Waals surface area contributed by atoms with E-state index in [0.29, 0.717) is 0 Å². The Morgan fingerprint density at radius 3 is 1.00 bits per heavy atom. The summed E-state index contributed by atoms with van der Waals surface area (Å²) in [5.74, 6) is 0. The Balaban J connectivity index is -0.000000240. The summed E-state index contributed by atoms with van der Waals surface area (Å²) in [6.07, 6.45) is 0. The van der Waals surface area contributed by atoms with Gasteiger partial charge in [0.05, 0.1) is 0 Å². The van der Waals surface area contributed by atoms with Gasteiger partial charge in [0.15, 0.2) is 0 Å². The fourth-order valence-corrected chi connectivity index (χ4v) is 8.62. The average molecular weight is 386 g/mol. The van der Waals surface area contributed by atoms with E-state index in [4.69, 9.17) is 21.0 Å². The van der Waals surface area contributed by atoms with Crippen LogP contribution in [0.25, 0.3) is 0 Å². The minimum Gasteiger partial charge on any atom is -0.412 e. The number of hydrogen-bond acceptors (Lipinski definition) is 8. The summed E-state index contributed by atoms with van der Waals surface area (Å²) < 4.78 is 0. The molecule has 0 heterocycles. The molecular weight excluding hydrogens is 380 g/mol. The maximum atomic E-state index is 8.45. The second kappa shape index (κ2) is 15.3. The monoisotopic (exact) mass is 386 g/mol. The number of nitrogens with zero attached hydrogens (tertiary/aromatic N) is 4. The van der Waals surface area contributed by atoms with Gasteiger partial charge < -0.3 is 11.6 Å². The van der Waals surface area contributed by atoms with E-state index in [1.165, 1.54) is 0 Å². The van der Waals surface area contributed by atoms with Crippen LogP contribution in [-0.4, -0.2) is 5.48 Å². The third-order valence-electron chi connectivity index (χ3n) is 0.455. The zero-order chi connectivity index (χ0) is 10.2. The van der Waals surface area contributed by atoms with Crippen molar-refractivity contribution in [2.24, 2.45) is 0 Å². The Kier molecular flexibility index (Phi) is 24.1. The smallest absolute Gasteiger partial charge is 0.412 e.